The molecular formula is C22H33N3O3. The van der Waals surface area contributed by atoms with E-state index in [0.717, 1.165) is 25.9 Å². The zero-order valence-corrected chi connectivity index (χ0v) is 16.8. The third kappa shape index (κ3) is 5.25. The highest BCUT2D eigenvalue weighted by Crippen LogP contribution is 2.39. The fourth-order valence-corrected chi connectivity index (χ4v) is 4.86. The van der Waals surface area contributed by atoms with Crippen LogP contribution in [0.4, 0.5) is 4.79 Å². The molecular weight excluding hydrogens is 354 g/mol. The number of rotatable bonds is 7. The maximum absolute atomic E-state index is 12.6. The summed E-state index contributed by atoms with van der Waals surface area (Å²) in [6.45, 7) is 4.92. The molecule has 2 atom stereocenters. The van der Waals surface area contributed by atoms with E-state index in [1.54, 1.807) is 0 Å². The van der Waals surface area contributed by atoms with E-state index in [4.69, 9.17) is 5.11 Å². The van der Waals surface area contributed by atoms with E-state index >= 15 is 0 Å². The SMILES string of the molecule is CCN(CC(=O)O)C1CCN(C(=O)NCC2CCCC2c2ccccc2)CC1. The number of piperidine rings is 1. The number of carboxylic acids is 1. The molecule has 0 bridgehead atoms. The van der Waals surface area contributed by atoms with Crippen LogP contribution < -0.4 is 5.32 Å². The Bertz CT molecular complexity index is 644. The van der Waals surface area contributed by atoms with E-state index in [1.165, 1.54) is 24.8 Å². The van der Waals surface area contributed by atoms with Crippen LogP contribution in [0.1, 0.15) is 50.5 Å². The summed E-state index contributed by atoms with van der Waals surface area (Å²) in [5.74, 6) is 0.267. The second kappa shape index (κ2) is 9.92. The Hall–Kier alpha value is -2.08. The van der Waals surface area contributed by atoms with Crippen LogP contribution >= 0.6 is 0 Å². The van der Waals surface area contributed by atoms with Crippen LogP contribution in [-0.4, -0.2) is 65.7 Å². The normalized spacial score (nSPS) is 23.1. The Morgan fingerprint density at radius 1 is 1.14 bits per heavy atom. The van der Waals surface area contributed by atoms with Gasteiger partial charge in [0.25, 0.3) is 0 Å². The van der Waals surface area contributed by atoms with Gasteiger partial charge in [-0.15, -0.1) is 0 Å². The van der Waals surface area contributed by atoms with E-state index < -0.39 is 5.97 Å². The van der Waals surface area contributed by atoms with Gasteiger partial charge in [-0.05, 0) is 49.6 Å². The first-order valence-electron chi connectivity index (χ1n) is 10.6. The molecule has 0 radical (unpaired) electrons. The number of benzene rings is 1. The fraction of sp³-hybridized carbons (Fsp3) is 0.636. The summed E-state index contributed by atoms with van der Waals surface area (Å²) in [7, 11) is 0. The van der Waals surface area contributed by atoms with Crippen molar-refractivity contribution in [3.05, 3.63) is 35.9 Å². The first kappa shape index (κ1) is 20.6. The second-order valence-corrected chi connectivity index (χ2v) is 8.07. The summed E-state index contributed by atoms with van der Waals surface area (Å²) in [6.07, 6.45) is 5.27. The molecule has 2 aliphatic rings. The molecule has 1 aliphatic heterocycles. The molecule has 6 nitrogen and oxygen atoms in total. The van der Waals surface area contributed by atoms with Gasteiger partial charge in [0.05, 0.1) is 6.54 Å². The molecule has 1 aromatic carbocycles. The summed E-state index contributed by atoms with van der Waals surface area (Å²) in [5, 5.41) is 12.2. The minimum atomic E-state index is -0.786. The fourth-order valence-electron chi connectivity index (χ4n) is 4.86. The van der Waals surface area contributed by atoms with E-state index in [2.05, 4.69) is 35.6 Å². The number of nitrogens with zero attached hydrogens (tertiary/aromatic N) is 2. The molecule has 1 heterocycles. The molecule has 6 heteroatoms. The van der Waals surface area contributed by atoms with Crippen molar-refractivity contribution in [2.24, 2.45) is 5.92 Å². The lowest BCUT2D eigenvalue weighted by molar-refractivity contribution is -0.139. The number of urea groups is 1. The van der Waals surface area contributed by atoms with Gasteiger partial charge in [0.15, 0.2) is 0 Å². The average Bonchev–Trinajstić information content (AvgIpc) is 3.19. The summed E-state index contributed by atoms with van der Waals surface area (Å²) in [4.78, 5) is 27.5. The van der Waals surface area contributed by atoms with Crippen molar-refractivity contribution in [3.8, 4) is 0 Å². The quantitative estimate of drug-likeness (QED) is 0.754. The van der Waals surface area contributed by atoms with Crippen LogP contribution in [0, 0.1) is 5.92 Å². The van der Waals surface area contributed by atoms with Crippen molar-refractivity contribution in [1.82, 2.24) is 15.1 Å². The predicted molar refractivity (Wildman–Crippen MR) is 109 cm³/mol. The van der Waals surface area contributed by atoms with Crippen LogP contribution in [0.15, 0.2) is 30.3 Å². The first-order chi connectivity index (χ1) is 13.6. The van der Waals surface area contributed by atoms with Crippen molar-refractivity contribution in [1.29, 1.82) is 0 Å². The molecule has 1 aliphatic carbocycles. The van der Waals surface area contributed by atoms with Gasteiger partial charge in [-0.2, -0.15) is 0 Å². The molecule has 0 spiro atoms. The molecule has 1 saturated heterocycles. The van der Waals surface area contributed by atoms with E-state index in [9.17, 15) is 9.59 Å². The monoisotopic (exact) mass is 387 g/mol. The minimum absolute atomic E-state index is 0.0263. The number of likely N-dealkylation sites (tertiary alicyclic amines) is 1. The van der Waals surface area contributed by atoms with Crippen LogP contribution in [0.25, 0.3) is 0 Å². The Morgan fingerprint density at radius 3 is 2.50 bits per heavy atom. The van der Waals surface area contributed by atoms with Crippen molar-refractivity contribution < 1.29 is 14.7 Å². The third-order valence-electron chi connectivity index (χ3n) is 6.41. The summed E-state index contributed by atoms with van der Waals surface area (Å²) in [6, 6.07) is 10.9. The standard InChI is InChI=1S/C22H33N3O3/c1-2-24(16-21(26)27)19-11-13-25(14-12-19)22(28)23-15-18-9-6-10-20(18)17-7-4-3-5-8-17/h3-5,7-8,18-20H,2,6,9-16H2,1H3,(H,23,28)(H,26,27). The Labute approximate surface area is 167 Å². The minimum Gasteiger partial charge on any atom is -0.480 e. The summed E-state index contributed by atoms with van der Waals surface area (Å²) < 4.78 is 0. The lowest BCUT2D eigenvalue weighted by atomic mass is 9.89. The van der Waals surface area contributed by atoms with Gasteiger partial charge in [0.2, 0.25) is 0 Å². The lowest BCUT2D eigenvalue weighted by Crippen LogP contribution is -2.51. The Balaban J connectivity index is 1.45. The van der Waals surface area contributed by atoms with E-state index in [0.29, 0.717) is 24.9 Å². The van der Waals surface area contributed by atoms with Gasteiger partial charge in [0, 0.05) is 25.7 Å². The molecule has 2 unspecified atom stereocenters. The molecule has 2 N–H and O–H groups in total. The van der Waals surface area contributed by atoms with E-state index in [1.807, 2.05) is 16.7 Å². The highest BCUT2D eigenvalue weighted by atomic mass is 16.4. The van der Waals surface area contributed by atoms with Crippen molar-refractivity contribution in [2.75, 3.05) is 32.7 Å². The number of aliphatic carboxylic acids is 1. The molecule has 3 rings (SSSR count). The third-order valence-corrected chi connectivity index (χ3v) is 6.41. The van der Waals surface area contributed by atoms with Crippen molar-refractivity contribution in [2.45, 2.75) is 51.0 Å². The number of nitrogens with one attached hydrogen (secondary N) is 1. The van der Waals surface area contributed by atoms with Gasteiger partial charge in [-0.1, -0.05) is 43.7 Å². The Morgan fingerprint density at radius 2 is 1.86 bits per heavy atom. The van der Waals surface area contributed by atoms with Gasteiger partial charge in [0.1, 0.15) is 0 Å². The number of carbonyl (C=O) groups is 2. The molecule has 0 aromatic heterocycles. The van der Waals surface area contributed by atoms with Crippen molar-refractivity contribution in [3.63, 3.8) is 0 Å². The van der Waals surface area contributed by atoms with Gasteiger partial charge in [-0.3, -0.25) is 9.69 Å². The highest BCUT2D eigenvalue weighted by Gasteiger charge is 2.30. The van der Waals surface area contributed by atoms with Crippen molar-refractivity contribution >= 4 is 12.0 Å². The zero-order chi connectivity index (χ0) is 19.9. The number of hydrogen-bond acceptors (Lipinski definition) is 3. The molecule has 28 heavy (non-hydrogen) atoms. The summed E-state index contributed by atoms with van der Waals surface area (Å²) in [5.41, 5.74) is 1.39. The number of carboxylic acid groups (broad SMARTS) is 1. The molecule has 1 saturated carbocycles. The lowest BCUT2D eigenvalue weighted by Gasteiger charge is -2.37. The van der Waals surface area contributed by atoms with E-state index in [-0.39, 0.29) is 18.6 Å². The Kier molecular flexibility index (Phi) is 7.31. The van der Waals surface area contributed by atoms with Crippen LogP contribution in [-0.2, 0) is 4.79 Å². The molecule has 1 aromatic rings. The number of hydrogen-bond donors (Lipinski definition) is 2. The molecule has 154 valence electrons. The molecule has 2 fully saturated rings. The maximum atomic E-state index is 12.6. The topological polar surface area (TPSA) is 72.9 Å². The van der Waals surface area contributed by atoms with Gasteiger partial charge < -0.3 is 15.3 Å². The zero-order valence-electron chi connectivity index (χ0n) is 16.8. The largest absolute Gasteiger partial charge is 0.480 e. The average molecular weight is 388 g/mol. The maximum Gasteiger partial charge on any atom is 0.317 e. The molecule has 2 amide bonds. The van der Waals surface area contributed by atoms with Crippen LogP contribution in [0.3, 0.4) is 0 Å². The number of carbonyl (C=O) groups excluding carboxylic acids is 1. The van der Waals surface area contributed by atoms with Crippen LogP contribution in [0.5, 0.6) is 0 Å². The first-order valence-corrected chi connectivity index (χ1v) is 10.6. The van der Waals surface area contributed by atoms with Gasteiger partial charge >= 0.3 is 12.0 Å². The highest BCUT2D eigenvalue weighted by molar-refractivity contribution is 5.74. The number of likely N-dealkylation sites (N-methyl/N-ethyl adjacent to an activating group) is 1. The van der Waals surface area contributed by atoms with Gasteiger partial charge in [-0.25, -0.2) is 4.79 Å². The smallest absolute Gasteiger partial charge is 0.317 e. The summed E-state index contributed by atoms with van der Waals surface area (Å²) >= 11 is 0. The van der Waals surface area contributed by atoms with Crippen LogP contribution in [0.2, 0.25) is 0 Å². The predicted octanol–water partition coefficient (Wildman–Crippen LogP) is 3.15. The second-order valence-electron chi connectivity index (χ2n) is 8.07. The number of amides is 2.